The minimum absolute atomic E-state index is 0.138. The third-order valence-electron chi connectivity index (χ3n) is 2.88. The van der Waals surface area contributed by atoms with Crippen LogP contribution < -0.4 is 16.4 Å². The highest BCUT2D eigenvalue weighted by atomic mass is 16.2. The van der Waals surface area contributed by atoms with Gasteiger partial charge >= 0.3 is 0 Å². The smallest absolute Gasteiger partial charge is 0.242 e. The molecule has 0 bridgehead atoms. The summed E-state index contributed by atoms with van der Waals surface area (Å²) in [6.45, 7) is 1.67. The standard InChI is InChI=1S/C13H18N4O2/c1-8(13(19)17-10-4-5-10)16-12(18)6-11-3-2-9(14)7-15-11/h2-3,7-8,10H,4-6,14H2,1H3,(H,16,18)(H,17,19). The molecule has 1 heterocycles. The SMILES string of the molecule is CC(NC(=O)Cc1ccc(N)cn1)C(=O)NC1CC1. The molecule has 0 saturated heterocycles. The number of nitrogens with two attached hydrogens (primary N) is 1. The Balaban J connectivity index is 1.79. The van der Waals surface area contributed by atoms with E-state index in [9.17, 15) is 9.59 Å². The summed E-state index contributed by atoms with van der Waals surface area (Å²) in [5.74, 6) is -0.364. The highest BCUT2D eigenvalue weighted by molar-refractivity contribution is 5.88. The van der Waals surface area contributed by atoms with Gasteiger partial charge in [0.2, 0.25) is 11.8 Å². The molecule has 6 heteroatoms. The van der Waals surface area contributed by atoms with Crippen molar-refractivity contribution >= 4 is 17.5 Å². The molecular formula is C13H18N4O2. The third-order valence-corrected chi connectivity index (χ3v) is 2.88. The van der Waals surface area contributed by atoms with E-state index in [2.05, 4.69) is 15.6 Å². The molecule has 1 saturated carbocycles. The van der Waals surface area contributed by atoms with Gasteiger partial charge in [0, 0.05) is 11.7 Å². The first-order valence-corrected chi connectivity index (χ1v) is 6.35. The number of amides is 2. The van der Waals surface area contributed by atoms with Crippen LogP contribution in [0.2, 0.25) is 0 Å². The molecule has 1 aromatic rings. The second-order valence-corrected chi connectivity index (χ2v) is 4.83. The minimum Gasteiger partial charge on any atom is -0.397 e. The van der Waals surface area contributed by atoms with Crippen LogP contribution in [-0.4, -0.2) is 28.9 Å². The lowest BCUT2D eigenvalue weighted by Gasteiger charge is -2.13. The zero-order chi connectivity index (χ0) is 13.8. The summed E-state index contributed by atoms with van der Waals surface area (Å²) in [4.78, 5) is 27.5. The van der Waals surface area contributed by atoms with Crippen LogP contribution in [0.1, 0.15) is 25.5 Å². The molecule has 2 amide bonds. The summed E-state index contributed by atoms with van der Waals surface area (Å²) in [7, 11) is 0. The second kappa shape index (κ2) is 5.69. The Labute approximate surface area is 111 Å². The minimum atomic E-state index is -0.526. The summed E-state index contributed by atoms with van der Waals surface area (Å²) in [6, 6.07) is 3.16. The van der Waals surface area contributed by atoms with Crippen LogP contribution >= 0.6 is 0 Å². The van der Waals surface area contributed by atoms with E-state index in [4.69, 9.17) is 5.73 Å². The number of anilines is 1. The first kappa shape index (κ1) is 13.3. The van der Waals surface area contributed by atoms with Crippen LogP contribution in [0.5, 0.6) is 0 Å². The quantitative estimate of drug-likeness (QED) is 0.695. The van der Waals surface area contributed by atoms with Gasteiger partial charge in [0.15, 0.2) is 0 Å². The Hall–Kier alpha value is -2.11. The van der Waals surface area contributed by atoms with Crippen LogP contribution in [-0.2, 0) is 16.0 Å². The van der Waals surface area contributed by atoms with Gasteiger partial charge in [-0.3, -0.25) is 14.6 Å². The van der Waals surface area contributed by atoms with Crippen molar-refractivity contribution in [3.05, 3.63) is 24.0 Å². The topological polar surface area (TPSA) is 97.1 Å². The molecule has 0 aliphatic heterocycles. The zero-order valence-electron chi connectivity index (χ0n) is 10.8. The fraction of sp³-hybridized carbons (Fsp3) is 0.462. The molecule has 4 N–H and O–H groups in total. The van der Waals surface area contributed by atoms with Gasteiger partial charge in [-0.25, -0.2) is 0 Å². The van der Waals surface area contributed by atoms with E-state index >= 15 is 0 Å². The number of rotatable bonds is 5. The number of hydrogen-bond acceptors (Lipinski definition) is 4. The van der Waals surface area contributed by atoms with Gasteiger partial charge in [-0.05, 0) is 31.9 Å². The van der Waals surface area contributed by atoms with E-state index in [1.165, 1.54) is 6.20 Å². The predicted octanol–water partition coefficient (Wildman–Crippen LogP) is -0.0104. The lowest BCUT2D eigenvalue weighted by atomic mass is 10.2. The molecule has 0 radical (unpaired) electrons. The Morgan fingerprint density at radius 2 is 2.21 bits per heavy atom. The first-order valence-electron chi connectivity index (χ1n) is 6.35. The lowest BCUT2D eigenvalue weighted by molar-refractivity contribution is -0.128. The maximum Gasteiger partial charge on any atom is 0.242 e. The summed E-state index contributed by atoms with van der Waals surface area (Å²) in [6.07, 6.45) is 3.71. The van der Waals surface area contributed by atoms with Crippen LogP contribution in [0.4, 0.5) is 5.69 Å². The number of pyridine rings is 1. The molecule has 1 aromatic heterocycles. The van der Waals surface area contributed by atoms with Crippen molar-refractivity contribution in [3.8, 4) is 0 Å². The van der Waals surface area contributed by atoms with Gasteiger partial charge in [0.25, 0.3) is 0 Å². The third kappa shape index (κ3) is 4.24. The van der Waals surface area contributed by atoms with Crippen LogP contribution in [0.3, 0.4) is 0 Å². The maximum absolute atomic E-state index is 11.8. The monoisotopic (exact) mass is 262 g/mol. The maximum atomic E-state index is 11.8. The Bertz CT molecular complexity index is 468. The van der Waals surface area contributed by atoms with Crippen molar-refractivity contribution in [1.29, 1.82) is 0 Å². The second-order valence-electron chi connectivity index (χ2n) is 4.83. The number of nitrogen functional groups attached to an aromatic ring is 1. The van der Waals surface area contributed by atoms with Gasteiger partial charge in [-0.15, -0.1) is 0 Å². The van der Waals surface area contributed by atoms with Gasteiger partial charge in [-0.2, -0.15) is 0 Å². The number of nitrogens with one attached hydrogen (secondary N) is 2. The predicted molar refractivity (Wildman–Crippen MR) is 71.1 cm³/mol. The molecule has 2 rings (SSSR count). The van der Waals surface area contributed by atoms with Gasteiger partial charge in [0.05, 0.1) is 18.3 Å². The summed E-state index contributed by atoms with van der Waals surface area (Å²) >= 11 is 0. The number of carbonyl (C=O) groups is 2. The van der Waals surface area contributed by atoms with Crippen LogP contribution in [0.25, 0.3) is 0 Å². The lowest BCUT2D eigenvalue weighted by Crippen LogP contribution is -2.46. The van der Waals surface area contributed by atoms with E-state index in [0.717, 1.165) is 12.8 Å². The average Bonchev–Trinajstić information content (AvgIpc) is 3.16. The van der Waals surface area contributed by atoms with Crippen LogP contribution in [0.15, 0.2) is 18.3 Å². The number of nitrogens with zero attached hydrogens (tertiary/aromatic N) is 1. The molecule has 102 valence electrons. The molecule has 6 nitrogen and oxygen atoms in total. The summed E-state index contributed by atoms with van der Waals surface area (Å²) in [5, 5.41) is 5.50. The van der Waals surface area contributed by atoms with Crippen LogP contribution in [0, 0.1) is 0 Å². The molecule has 0 spiro atoms. The van der Waals surface area contributed by atoms with Crippen molar-refractivity contribution in [1.82, 2.24) is 15.6 Å². The van der Waals surface area contributed by atoms with Gasteiger partial charge in [-0.1, -0.05) is 0 Å². The highest BCUT2D eigenvalue weighted by Gasteiger charge is 2.26. The Kier molecular flexibility index (Phi) is 3.99. The molecular weight excluding hydrogens is 244 g/mol. The Morgan fingerprint density at radius 3 is 2.79 bits per heavy atom. The van der Waals surface area contributed by atoms with E-state index in [0.29, 0.717) is 17.4 Å². The number of hydrogen-bond donors (Lipinski definition) is 3. The highest BCUT2D eigenvalue weighted by Crippen LogP contribution is 2.18. The molecule has 19 heavy (non-hydrogen) atoms. The number of carbonyl (C=O) groups excluding carboxylic acids is 2. The van der Waals surface area contributed by atoms with E-state index in [1.807, 2.05) is 0 Å². The summed E-state index contributed by atoms with van der Waals surface area (Å²) in [5.41, 5.74) is 6.70. The molecule has 1 aliphatic rings. The first-order chi connectivity index (χ1) is 9.04. The largest absolute Gasteiger partial charge is 0.397 e. The fourth-order valence-corrected chi connectivity index (χ4v) is 1.62. The fourth-order valence-electron chi connectivity index (χ4n) is 1.62. The van der Waals surface area contributed by atoms with Crippen molar-refractivity contribution in [3.63, 3.8) is 0 Å². The molecule has 1 atom stereocenters. The number of aromatic nitrogens is 1. The van der Waals surface area contributed by atoms with E-state index < -0.39 is 6.04 Å². The summed E-state index contributed by atoms with van der Waals surface area (Å²) < 4.78 is 0. The van der Waals surface area contributed by atoms with E-state index in [1.54, 1.807) is 19.1 Å². The van der Waals surface area contributed by atoms with E-state index in [-0.39, 0.29) is 18.2 Å². The van der Waals surface area contributed by atoms with Gasteiger partial charge < -0.3 is 16.4 Å². The van der Waals surface area contributed by atoms with Crippen molar-refractivity contribution in [2.75, 3.05) is 5.73 Å². The normalized spacial score (nSPS) is 15.6. The molecule has 1 unspecified atom stereocenters. The molecule has 1 aliphatic carbocycles. The van der Waals surface area contributed by atoms with Gasteiger partial charge in [0.1, 0.15) is 6.04 Å². The average molecular weight is 262 g/mol. The van der Waals surface area contributed by atoms with Crippen molar-refractivity contribution in [2.45, 2.75) is 38.3 Å². The zero-order valence-corrected chi connectivity index (χ0v) is 10.8. The molecule has 0 aromatic carbocycles. The van der Waals surface area contributed by atoms with Crippen molar-refractivity contribution < 1.29 is 9.59 Å². The molecule has 1 fully saturated rings. The van der Waals surface area contributed by atoms with Crippen molar-refractivity contribution in [2.24, 2.45) is 0 Å². The Morgan fingerprint density at radius 1 is 1.47 bits per heavy atom.